The van der Waals surface area contributed by atoms with E-state index in [1.807, 2.05) is 0 Å². The standard InChI is InChI=1S/C17H36O7S2.Na.H/c1-2-3-4-5-6-7-8-9-10-11-12-13-14-24-17(15-25(18,19)20)16-26(21,22)23;;/h17H,2-16H2,1H3,(H,18,19,20)(H,21,22,23);;. The molecule has 0 radical (unpaired) electrons. The first-order chi connectivity index (χ1) is 12.1. The molecule has 0 aliphatic rings. The zero-order valence-corrected chi connectivity index (χ0v) is 17.6. The second-order valence-corrected chi connectivity index (χ2v) is 9.87. The molecular formula is C17H37NaO7S2. The molecule has 160 valence electrons. The molecule has 0 amide bonds. The van der Waals surface area contributed by atoms with Gasteiger partial charge in [-0.05, 0) is 6.42 Å². The van der Waals surface area contributed by atoms with Crippen LogP contribution in [-0.4, -0.2) is 79.7 Å². The van der Waals surface area contributed by atoms with Crippen LogP contribution in [0, 0.1) is 0 Å². The summed E-state index contributed by atoms with van der Waals surface area (Å²) in [6.45, 7) is 2.42. The maximum absolute atomic E-state index is 10.9. The first kappa shape index (κ1) is 30.0. The van der Waals surface area contributed by atoms with E-state index in [2.05, 4.69) is 6.92 Å². The van der Waals surface area contributed by atoms with Gasteiger partial charge in [0.15, 0.2) is 0 Å². The third-order valence-electron chi connectivity index (χ3n) is 4.14. The predicted molar refractivity (Wildman–Crippen MR) is 111 cm³/mol. The average Bonchev–Trinajstić information content (AvgIpc) is 2.48. The van der Waals surface area contributed by atoms with E-state index in [4.69, 9.17) is 13.8 Å². The SMILES string of the molecule is CCCCCCCCCCCCCCOC(CS(=O)(=O)O)CS(=O)(=O)O.[NaH]. The Morgan fingerprint density at radius 3 is 1.33 bits per heavy atom. The van der Waals surface area contributed by atoms with Gasteiger partial charge in [-0.1, -0.05) is 77.6 Å². The molecular weight excluding hydrogens is 403 g/mol. The average molecular weight is 441 g/mol. The quantitative estimate of drug-likeness (QED) is 0.191. The van der Waals surface area contributed by atoms with E-state index in [9.17, 15) is 16.8 Å². The van der Waals surface area contributed by atoms with Crippen LogP contribution in [0.25, 0.3) is 0 Å². The van der Waals surface area contributed by atoms with Crippen LogP contribution in [-0.2, 0) is 25.0 Å². The van der Waals surface area contributed by atoms with Crippen molar-refractivity contribution in [1.82, 2.24) is 0 Å². The first-order valence-electron chi connectivity index (χ1n) is 9.66. The van der Waals surface area contributed by atoms with E-state index in [0.717, 1.165) is 19.3 Å². The number of rotatable bonds is 18. The summed E-state index contributed by atoms with van der Waals surface area (Å²) in [5.41, 5.74) is 0. The van der Waals surface area contributed by atoms with Crippen LogP contribution in [0.1, 0.15) is 84.0 Å². The molecule has 0 bridgehead atoms. The first-order valence-corrected chi connectivity index (χ1v) is 12.9. The Morgan fingerprint density at radius 2 is 1.00 bits per heavy atom. The van der Waals surface area contributed by atoms with Crippen LogP contribution in [0.3, 0.4) is 0 Å². The Morgan fingerprint density at radius 1 is 0.667 bits per heavy atom. The van der Waals surface area contributed by atoms with Gasteiger partial charge in [-0.3, -0.25) is 9.11 Å². The molecule has 0 aliphatic carbocycles. The van der Waals surface area contributed by atoms with E-state index < -0.39 is 37.8 Å². The molecule has 0 saturated heterocycles. The molecule has 0 aromatic rings. The number of hydrogen-bond donors (Lipinski definition) is 2. The van der Waals surface area contributed by atoms with Gasteiger partial charge in [0.25, 0.3) is 20.2 Å². The monoisotopic (exact) mass is 440 g/mol. The van der Waals surface area contributed by atoms with Crippen molar-refractivity contribution in [3.8, 4) is 0 Å². The molecule has 0 fully saturated rings. The second-order valence-electron chi connectivity index (χ2n) is 6.88. The van der Waals surface area contributed by atoms with Crippen LogP contribution in [0.2, 0.25) is 0 Å². The fourth-order valence-electron chi connectivity index (χ4n) is 2.81. The van der Waals surface area contributed by atoms with Crippen molar-refractivity contribution < 1.29 is 30.7 Å². The zero-order valence-electron chi connectivity index (χ0n) is 15.9. The normalized spacial score (nSPS) is 12.3. The molecule has 0 aromatic heterocycles. The Bertz CT molecular complexity index is 501. The van der Waals surface area contributed by atoms with Crippen molar-refractivity contribution in [1.29, 1.82) is 0 Å². The summed E-state index contributed by atoms with van der Waals surface area (Å²) in [5.74, 6) is -1.68. The number of unbranched alkanes of at least 4 members (excludes halogenated alkanes) is 11. The minimum absolute atomic E-state index is 0. The summed E-state index contributed by atoms with van der Waals surface area (Å²) in [7, 11) is -8.73. The van der Waals surface area contributed by atoms with E-state index in [0.29, 0.717) is 6.42 Å². The fourth-order valence-corrected chi connectivity index (χ4v) is 4.32. The fraction of sp³-hybridized carbons (Fsp3) is 1.00. The molecule has 0 saturated carbocycles. The molecule has 10 heteroatoms. The summed E-state index contributed by atoms with van der Waals surface area (Å²) in [4.78, 5) is 0. The van der Waals surface area contributed by atoms with E-state index in [1.165, 1.54) is 51.4 Å². The van der Waals surface area contributed by atoms with Gasteiger partial charge in [0.1, 0.15) is 11.5 Å². The molecule has 27 heavy (non-hydrogen) atoms. The molecule has 0 aromatic carbocycles. The van der Waals surface area contributed by atoms with Crippen LogP contribution >= 0.6 is 0 Å². The van der Waals surface area contributed by atoms with Gasteiger partial charge in [-0.2, -0.15) is 16.8 Å². The van der Waals surface area contributed by atoms with E-state index in [1.54, 1.807) is 0 Å². The van der Waals surface area contributed by atoms with Crippen LogP contribution in [0.4, 0.5) is 0 Å². The number of ether oxygens (including phenoxy) is 1. The van der Waals surface area contributed by atoms with E-state index >= 15 is 0 Å². The van der Waals surface area contributed by atoms with Gasteiger partial charge in [0.05, 0.1) is 6.10 Å². The van der Waals surface area contributed by atoms with Crippen molar-refractivity contribution in [2.24, 2.45) is 0 Å². The third kappa shape index (κ3) is 24.7. The molecule has 7 nitrogen and oxygen atoms in total. The van der Waals surface area contributed by atoms with Crippen LogP contribution in [0.5, 0.6) is 0 Å². The number of hydrogen-bond acceptors (Lipinski definition) is 5. The topological polar surface area (TPSA) is 118 Å². The Balaban J connectivity index is 0. The molecule has 0 spiro atoms. The summed E-state index contributed by atoms with van der Waals surface area (Å²) >= 11 is 0. The Labute approximate surface area is 187 Å². The summed E-state index contributed by atoms with van der Waals surface area (Å²) in [5, 5.41) is 0. The molecule has 2 N–H and O–H groups in total. The molecule has 0 unspecified atom stereocenters. The van der Waals surface area contributed by atoms with E-state index in [-0.39, 0.29) is 36.2 Å². The van der Waals surface area contributed by atoms with Gasteiger partial charge >= 0.3 is 29.6 Å². The molecule has 0 aliphatic heterocycles. The van der Waals surface area contributed by atoms with Crippen LogP contribution in [0.15, 0.2) is 0 Å². The Hall–Kier alpha value is 0.780. The second kappa shape index (κ2) is 17.6. The summed E-state index contributed by atoms with van der Waals surface area (Å²) in [6.07, 6.45) is 12.9. The van der Waals surface area contributed by atoms with Crippen molar-refractivity contribution >= 4 is 49.8 Å². The molecule has 0 rings (SSSR count). The van der Waals surface area contributed by atoms with Crippen molar-refractivity contribution in [3.05, 3.63) is 0 Å². The Kier molecular flexibility index (Phi) is 19.6. The van der Waals surface area contributed by atoms with Crippen LogP contribution < -0.4 is 0 Å². The maximum atomic E-state index is 10.9. The van der Waals surface area contributed by atoms with Gasteiger partial charge < -0.3 is 4.74 Å². The molecule has 0 heterocycles. The van der Waals surface area contributed by atoms with Gasteiger partial charge in [-0.25, -0.2) is 0 Å². The molecule has 0 atom stereocenters. The van der Waals surface area contributed by atoms with Crippen molar-refractivity contribution in [3.63, 3.8) is 0 Å². The van der Waals surface area contributed by atoms with Gasteiger partial charge in [0.2, 0.25) is 0 Å². The predicted octanol–water partition coefficient (Wildman–Crippen LogP) is 3.20. The third-order valence-corrected chi connectivity index (χ3v) is 5.73. The van der Waals surface area contributed by atoms with Gasteiger partial charge in [-0.15, -0.1) is 0 Å². The minimum atomic E-state index is -4.36. The van der Waals surface area contributed by atoms with Crippen molar-refractivity contribution in [2.45, 2.75) is 90.1 Å². The van der Waals surface area contributed by atoms with Crippen molar-refractivity contribution in [2.75, 3.05) is 18.1 Å². The summed E-state index contributed by atoms with van der Waals surface area (Å²) in [6, 6.07) is 0. The van der Waals surface area contributed by atoms with Gasteiger partial charge in [0, 0.05) is 6.61 Å². The summed E-state index contributed by atoms with van der Waals surface area (Å²) < 4.78 is 66.3. The zero-order chi connectivity index (χ0) is 19.9.